The van der Waals surface area contributed by atoms with Crippen LogP contribution in [-0.4, -0.2) is 43.4 Å². The molecule has 2 aromatic carbocycles. The maximum absolute atomic E-state index is 12.9. The van der Waals surface area contributed by atoms with Crippen molar-refractivity contribution in [3.05, 3.63) is 59.7 Å². The lowest BCUT2D eigenvalue weighted by atomic mass is 9.91. The first-order valence-corrected chi connectivity index (χ1v) is 8.99. The molecule has 146 valence electrons. The zero-order valence-corrected chi connectivity index (χ0v) is 16.4. The first-order chi connectivity index (χ1) is 13.2. The standard InChI is InChI=1S/C21H24N4O3/c1-14-5-7-15(8-6-14)21(2)19(27)25(20(28)23-21)13-18(26)22-16-9-11-17(12-10-16)24(3)4/h5-12H,13H2,1-4H3,(H,22,26)(H,23,28). The van der Waals surface area contributed by atoms with Gasteiger partial charge in [-0.1, -0.05) is 29.8 Å². The molecule has 0 saturated carbocycles. The summed E-state index contributed by atoms with van der Waals surface area (Å²) in [5, 5.41) is 5.43. The van der Waals surface area contributed by atoms with Crippen LogP contribution in [0.3, 0.4) is 0 Å². The number of anilines is 2. The molecule has 1 aliphatic heterocycles. The van der Waals surface area contributed by atoms with Crippen LogP contribution in [-0.2, 0) is 15.1 Å². The Morgan fingerprint density at radius 2 is 1.68 bits per heavy atom. The van der Waals surface area contributed by atoms with Gasteiger partial charge in [-0.15, -0.1) is 0 Å². The quantitative estimate of drug-likeness (QED) is 0.781. The van der Waals surface area contributed by atoms with E-state index >= 15 is 0 Å². The van der Waals surface area contributed by atoms with Crippen molar-refractivity contribution in [3.8, 4) is 0 Å². The van der Waals surface area contributed by atoms with E-state index in [2.05, 4.69) is 10.6 Å². The number of benzene rings is 2. The predicted octanol–water partition coefficient (Wildman–Crippen LogP) is 2.47. The summed E-state index contributed by atoms with van der Waals surface area (Å²) in [7, 11) is 3.85. The molecule has 2 N–H and O–H groups in total. The lowest BCUT2D eigenvalue weighted by Gasteiger charge is -2.22. The van der Waals surface area contributed by atoms with Crippen molar-refractivity contribution in [2.24, 2.45) is 0 Å². The van der Waals surface area contributed by atoms with Gasteiger partial charge in [-0.05, 0) is 43.7 Å². The molecule has 0 bridgehead atoms. The van der Waals surface area contributed by atoms with Crippen LogP contribution in [0, 0.1) is 6.92 Å². The summed E-state index contributed by atoms with van der Waals surface area (Å²) < 4.78 is 0. The molecular formula is C21H24N4O3. The van der Waals surface area contributed by atoms with E-state index in [0.717, 1.165) is 16.2 Å². The first kappa shape index (κ1) is 19.4. The topological polar surface area (TPSA) is 81.8 Å². The Kier molecular flexibility index (Phi) is 5.09. The number of urea groups is 1. The van der Waals surface area contributed by atoms with Crippen LogP contribution >= 0.6 is 0 Å². The van der Waals surface area contributed by atoms with E-state index in [1.54, 1.807) is 19.1 Å². The molecule has 7 heteroatoms. The highest BCUT2D eigenvalue weighted by atomic mass is 16.2. The zero-order valence-electron chi connectivity index (χ0n) is 16.4. The highest BCUT2D eigenvalue weighted by Crippen LogP contribution is 2.29. The third kappa shape index (κ3) is 3.69. The van der Waals surface area contributed by atoms with Gasteiger partial charge in [-0.2, -0.15) is 0 Å². The number of nitrogens with zero attached hydrogens (tertiary/aromatic N) is 2. The molecule has 3 rings (SSSR count). The molecule has 28 heavy (non-hydrogen) atoms. The van der Waals surface area contributed by atoms with Gasteiger partial charge in [0.05, 0.1) is 0 Å². The van der Waals surface area contributed by atoms with Crippen LogP contribution in [0.15, 0.2) is 48.5 Å². The third-order valence-electron chi connectivity index (χ3n) is 4.87. The number of imide groups is 1. The summed E-state index contributed by atoms with van der Waals surface area (Å²) in [6, 6.07) is 14.1. The Hall–Kier alpha value is -3.35. The zero-order chi connectivity index (χ0) is 20.5. The van der Waals surface area contributed by atoms with Crippen molar-refractivity contribution in [1.29, 1.82) is 0 Å². The molecule has 1 atom stereocenters. The summed E-state index contributed by atoms with van der Waals surface area (Å²) in [6.45, 7) is 3.25. The Bertz CT molecular complexity index is 906. The summed E-state index contributed by atoms with van der Waals surface area (Å²) in [5.74, 6) is -0.881. The van der Waals surface area contributed by atoms with Crippen LogP contribution in [0.1, 0.15) is 18.1 Å². The average Bonchev–Trinajstić information content (AvgIpc) is 2.86. The van der Waals surface area contributed by atoms with E-state index in [0.29, 0.717) is 11.3 Å². The predicted molar refractivity (Wildman–Crippen MR) is 108 cm³/mol. The Morgan fingerprint density at radius 3 is 2.25 bits per heavy atom. The van der Waals surface area contributed by atoms with Gasteiger partial charge in [0, 0.05) is 25.5 Å². The normalized spacial score (nSPS) is 18.8. The Balaban J connectivity index is 1.70. The second kappa shape index (κ2) is 7.34. The van der Waals surface area contributed by atoms with Gasteiger partial charge in [0.1, 0.15) is 12.1 Å². The number of aryl methyl sites for hydroxylation is 1. The number of carbonyl (C=O) groups excluding carboxylic acids is 3. The van der Waals surface area contributed by atoms with Crippen molar-refractivity contribution >= 4 is 29.2 Å². The number of carbonyl (C=O) groups is 3. The Morgan fingerprint density at radius 1 is 1.07 bits per heavy atom. The van der Waals surface area contributed by atoms with Gasteiger partial charge in [0.15, 0.2) is 0 Å². The second-order valence-electron chi connectivity index (χ2n) is 7.30. The molecule has 0 spiro atoms. The van der Waals surface area contributed by atoms with E-state index in [1.807, 2.05) is 62.3 Å². The SMILES string of the molecule is Cc1ccc(C2(C)NC(=O)N(CC(=O)Nc3ccc(N(C)C)cc3)C2=O)cc1. The fraction of sp³-hybridized carbons (Fsp3) is 0.286. The van der Waals surface area contributed by atoms with Gasteiger partial charge < -0.3 is 15.5 Å². The van der Waals surface area contributed by atoms with Gasteiger partial charge in [0.25, 0.3) is 5.91 Å². The van der Waals surface area contributed by atoms with Crippen molar-refractivity contribution in [2.45, 2.75) is 19.4 Å². The largest absolute Gasteiger partial charge is 0.378 e. The lowest BCUT2D eigenvalue weighted by Crippen LogP contribution is -2.42. The lowest BCUT2D eigenvalue weighted by molar-refractivity contribution is -0.133. The minimum atomic E-state index is -1.18. The molecule has 0 aromatic heterocycles. The van der Waals surface area contributed by atoms with Crippen molar-refractivity contribution in [2.75, 3.05) is 30.9 Å². The van der Waals surface area contributed by atoms with Gasteiger partial charge in [-0.25, -0.2) is 4.79 Å². The summed E-state index contributed by atoms with van der Waals surface area (Å²) >= 11 is 0. The van der Waals surface area contributed by atoms with Crippen LogP contribution in [0.4, 0.5) is 16.2 Å². The molecule has 0 aliphatic carbocycles. The minimum Gasteiger partial charge on any atom is -0.378 e. The van der Waals surface area contributed by atoms with Crippen molar-refractivity contribution < 1.29 is 14.4 Å². The van der Waals surface area contributed by atoms with E-state index in [4.69, 9.17) is 0 Å². The maximum Gasteiger partial charge on any atom is 0.325 e. The van der Waals surface area contributed by atoms with E-state index in [1.165, 1.54) is 0 Å². The smallest absolute Gasteiger partial charge is 0.325 e. The van der Waals surface area contributed by atoms with Crippen LogP contribution in [0.25, 0.3) is 0 Å². The molecule has 2 aromatic rings. The number of nitrogens with one attached hydrogen (secondary N) is 2. The number of hydrogen-bond acceptors (Lipinski definition) is 4. The molecule has 1 heterocycles. The first-order valence-electron chi connectivity index (χ1n) is 8.99. The van der Waals surface area contributed by atoms with Crippen molar-refractivity contribution in [3.63, 3.8) is 0 Å². The number of rotatable bonds is 5. The Labute approximate surface area is 164 Å². The van der Waals surface area contributed by atoms with Crippen molar-refractivity contribution in [1.82, 2.24) is 10.2 Å². The molecule has 4 amide bonds. The van der Waals surface area contributed by atoms with E-state index in [-0.39, 0.29) is 6.54 Å². The molecule has 1 aliphatic rings. The molecule has 1 unspecified atom stereocenters. The molecule has 1 fully saturated rings. The fourth-order valence-electron chi connectivity index (χ4n) is 3.11. The highest BCUT2D eigenvalue weighted by molar-refractivity contribution is 6.10. The maximum atomic E-state index is 12.9. The minimum absolute atomic E-state index is 0.346. The van der Waals surface area contributed by atoms with Crippen LogP contribution < -0.4 is 15.5 Å². The van der Waals surface area contributed by atoms with E-state index < -0.39 is 23.4 Å². The van der Waals surface area contributed by atoms with Crippen LogP contribution in [0.2, 0.25) is 0 Å². The van der Waals surface area contributed by atoms with Gasteiger partial charge >= 0.3 is 6.03 Å². The number of hydrogen-bond donors (Lipinski definition) is 2. The monoisotopic (exact) mass is 380 g/mol. The molecule has 7 nitrogen and oxygen atoms in total. The summed E-state index contributed by atoms with van der Waals surface area (Å²) in [5.41, 5.74) is 2.16. The summed E-state index contributed by atoms with van der Waals surface area (Å²) in [6.07, 6.45) is 0. The molecular weight excluding hydrogens is 356 g/mol. The van der Waals surface area contributed by atoms with Crippen LogP contribution in [0.5, 0.6) is 0 Å². The average molecular weight is 380 g/mol. The third-order valence-corrected chi connectivity index (χ3v) is 4.87. The second-order valence-corrected chi connectivity index (χ2v) is 7.30. The highest BCUT2D eigenvalue weighted by Gasteiger charge is 2.49. The molecule has 1 saturated heterocycles. The van der Waals surface area contributed by atoms with E-state index in [9.17, 15) is 14.4 Å². The van der Waals surface area contributed by atoms with Gasteiger partial charge in [0.2, 0.25) is 5.91 Å². The van der Waals surface area contributed by atoms with Gasteiger partial charge in [-0.3, -0.25) is 14.5 Å². The molecule has 0 radical (unpaired) electrons. The fourth-order valence-corrected chi connectivity index (χ4v) is 3.11. The summed E-state index contributed by atoms with van der Waals surface area (Å²) in [4.78, 5) is 40.5. The number of amides is 4.